The zero-order chi connectivity index (χ0) is 12.7. The first-order valence-corrected chi connectivity index (χ1v) is 7.26. The van der Waals surface area contributed by atoms with Gasteiger partial charge in [-0.25, -0.2) is 0 Å². The van der Waals surface area contributed by atoms with Crippen molar-refractivity contribution in [2.75, 3.05) is 12.4 Å². The minimum Gasteiger partial charge on any atom is -0.396 e. The van der Waals surface area contributed by atoms with Crippen LogP contribution in [0.4, 0.5) is 0 Å². The summed E-state index contributed by atoms with van der Waals surface area (Å²) in [5.41, 5.74) is 7.49. The number of hydrogen-bond donors (Lipinski definition) is 2. The number of benzene rings is 1. The number of nitrogens with two attached hydrogens (primary N) is 1. The molecule has 0 saturated carbocycles. The Bertz CT molecular complexity index is 304. The van der Waals surface area contributed by atoms with E-state index in [2.05, 4.69) is 26.0 Å². The lowest BCUT2D eigenvalue weighted by Crippen LogP contribution is -2.24. The fourth-order valence-electron chi connectivity index (χ4n) is 1.71. The van der Waals surface area contributed by atoms with Crippen molar-refractivity contribution < 1.29 is 5.11 Å². The number of thioether (sulfide) groups is 1. The molecule has 3 heteroatoms. The van der Waals surface area contributed by atoms with Gasteiger partial charge in [0.25, 0.3) is 0 Å². The van der Waals surface area contributed by atoms with Crippen LogP contribution in [-0.2, 0) is 0 Å². The minimum absolute atomic E-state index is 0.0806. The van der Waals surface area contributed by atoms with Crippen LogP contribution < -0.4 is 5.73 Å². The highest BCUT2D eigenvalue weighted by atomic mass is 32.2. The Balaban J connectivity index is 2.55. The summed E-state index contributed by atoms with van der Waals surface area (Å²) >= 11 is 1.87. The fourth-order valence-corrected chi connectivity index (χ4v) is 2.99. The van der Waals surface area contributed by atoms with Crippen LogP contribution in [-0.4, -0.2) is 22.7 Å². The molecule has 0 aliphatic rings. The summed E-state index contributed by atoms with van der Waals surface area (Å²) in [6.45, 7) is 4.49. The summed E-state index contributed by atoms with van der Waals surface area (Å²) in [7, 11) is 0. The summed E-state index contributed by atoms with van der Waals surface area (Å²) < 4.78 is 0. The maximum absolute atomic E-state index is 9.03. The molecule has 0 bridgehead atoms. The van der Waals surface area contributed by atoms with Crippen LogP contribution in [0, 0.1) is 5.92 Å². The quantitative estimate of drug-likeness (QED) is 0.785. The van der Waals surface area contributed by atoms with Crippen molar-refractivity contribution >= 4 is 11.8 Å². The van der Waals surface area contributed by atoms with Crippen molar-refractivity contribution in [3.63, 3.8) is 0 Å². The second-order valence-corrected chi connectivity index (χ2v) is 5.78. The Kier molecular flexibility index (Phi) is 6.63. The first-order chi connectivity index (χ1) is 8.19. The molecule has 1 aromatic carbocycles. The summed E-state index contributed by atoms with van der Waals surface area (Å²) in [5.74, 6) is 1.31. The van der Waals surface area contributed by atoms with Crippen LogP contribution in [0.15, 0.2) is 30.3 Å². The van der Waals surface area contributed by atoms with E-state index in [1.165, 1.54) is 5.56 Å². The van der Waals surface area contributed by atoms with Crippen molar-refractivity contribution in [2.45, 2.75) is 31.6 Å². The molecule has 0 aromatic heterocycles. The van der Waals surface area contributed by atoms with Crippen LogP contribution >= 0.6 is 11.8 Å². The van der Waals surface area contributed by atoms with Crippen molar-refractivity contribution in [1.29, 1.82) is 0 Å². The van der Waals surface area contributed by atoms with Gasteiger partial charge >= 0.3 is 0 Å². The number of rotatable bonds is 7. The third-order valence-electron chi connectivity index (χ3n) is 2.89. The molecule has 0 saturated heterocycles. The van der Waals surface area contributed by atoms with Gasteiger partial charge in [-0.05, 0) is 23.7 Å². The number of aliphatic hydroxyl groups is 1. The van der Waals surface area contributed by atoms with E-state index < -0.39 is 0 Å². The number of hydrogen-bond acceptors (Lipinski definition) is 3. The number of aliphatic hydroxyl groups excluding tert-OH is 1. The molecule has 0 aliphatic carbocycles. The molecule has 0 aliphatic heterocycles. The van der Waals surface area contributed by atoms with E-state index in [-0.39, 0.29) is 12.6 Å². The molecule has 3 unspecified atom stereocenters. The van der Waals surface area contributed by atoms with Gasteiger partial charge in [-0.15, -0.1) is 0 Å². The van der Waals surface area contributed by atoms with Crippen LogP contribution in [0.3, 0.4) is 0 Å². The molecule has 0 radical (unpaired) electrons. The van der Waals surface area contributed by atoms with E-state index in [0.717, 1.165) is 12.2 Å². The molecule has 1 rings (SSSR count). The topological polar surface area (TPSA) is 46.2 Å². The van der Waals surface area contributed by atoms with Crippen molar-refractivity contribution in [3.05, 3.63) is 35.9 Å². The zero-order valence-electron chi connectivity index (χ0n) is 10.7. The van der Waals surface area contributed by atoms with E-state index in [9.17, 15) is 0 Å². The lowest BCUT2D eigenvalue weighted by Gasteiger charge is -2.23. The molecular weight excluding hydrogens is 230 g/mol. The maximum atomic E-state index is 9.03. The Morgan fingerprint density at radius 3 is 2.47 bits per heavy atom. The van der Waals surface area contributed by atoms with Gasteiger partial charge in [0.2, 0.25) is 0 Å². The fraction of sp³-hybridized carbons (Fsp3) is 0.571. The largest absolute Gasteiger partial charge is 0.396 e. The van der Waals surface area contributed by atoms with Gasteiger partial charge in [0, 0.05) is 17.9 Å². The standard InChI is InChI=1S/C14H23NOS/c1-3-13(17-10-11(2)9-16)14(15)12-7-5-4-6-8-12/h4-8,11,13-14,16H,3,9-10,15H2,1-2H3. The molecule has 17 heavy (non-hydrogen) atoms. The van der Waals surface area contributed by atoms with Gasteiger partial charge in [0.15, 0.2) is 0 Å². The summed E-state index contributed by atoms with van der Waals surface area (Å²) in [6, 6.07) is 10.3. The molecule has 96 valence electrons. The molecule has 0 amide bonds. The average molecular weight is 253 g/mol. The van der Waals surface area contributed by atoms with Crippen LogP contribution in [0.25, 0.3) is 0 Å². The van der Waals surface area contributed by atoms with Crippen LogP contribution in [0.1, 0.15) is 31.9 Å². The minimum atomic E-state index is 0.0806. The predicted octanol–water partition coefficient (Wildman–Crippen LogP) is 2.83. The summed E-state index contributed by atoms with van der Waals surface area (Å²) in [5, 5.41) is 9.45. The van der Waals surface area contributed by atoms with E-state index in [0.29, 0.717) is 11.2 Å². The molecule has 0 spiro atoms. The summed E-state index contributed by atoms with van der Waals surface area (Å²) in [6.07, 6.45) is 1.05. The van der Waals surface area contributed by atoms with Crippen LogP contribution in [0.5, 0.6) is 0 Å². The van der Waals surface area contributed by atoms with Gasteiger partial charge in [0.05, 0.1) is 0 Å². The highest BCUT2D eigenvalue weighted by Gasteiger charge is 2.18. The molecule has 0 heterocycles. The third-order valence-corrected chi connectivity index (χ3v) is 4.71. The summed E-state index contributed by atoms with van der Waals surface area (Å²) in [4.78, 5) is 0. The van der Waals surface area contributed by atoms with Gasteiger partial charge in [-0.3, -0.25) is 0 Å². The Hall–Kier alpha value is -0.510. The van der Waals surface area contributed by atoms with E-state index in [1.807, 2.05) is 30.0 Å². The predicted molar refractivity (Wildman–Crippen MR) is 76.2 cm³/mol. The molecule has 3 N–H and O–H groups in total. The first-order valence-electron chi connectivity index (χ1n) is 6.22. The zero-order valence-corrected chi connectivity index (χ0v) is 11.5. The van der Waals surface area contributed by atoms with Crippen molar-refractivity contribution in [3.8, 4) is 0 Å². The molecule has 3 atom stereocenters. The lowest BCUT2D eigenvalue weighted by molar-refractivity contribution is 0.250. The van der Waals surface area contributed by atoms with Gasteiger partial charge in [0.1, 0.15) is 0 Å². The molecular formula is C14H23NOS. The Morgan fingerprint density at radius 2 is 1.94 bits per heavy atom. The Labute approximate surface area is 109 Å². The highest BCUT2D eigenvalue weighted by molar-refractivity contribution is 7.99. The van der Waals surface area contributed by atoms with Gasteiger partial charge in [-0.2, -0.15) is 11.8 Å². The Morgan fingerprint density at radius 1 is 1.29 bits per heavy atom. The van der Waals surface area contributed by atoms with E-state index in [1.54, 1.807) is 0 Å². The van der Waals surface area contributed by atoms with E-state index >= 15 is 0 Å². The second kappa shape index (κ2) is 7.75. The monoisotopic (exact) mass is 253 g/mol. The lowest BCUT2D eigenvalue weighted by atomic mass is 10.0. The molecule has 2 nitrogen and oxygen atoms in total. The van der Waals surface area contributed by atoms with Crippen molar-refractivity contribution in [1.82, 2.24) is 0 Å². The molecule has 0 fully saturated rings. The van der Waals surface area contributed by atoms with Gasteiger partial charge < -0.3 is 10.8 Å². The smallest absolute Gasteiger partial charge is 0.0464 e. The SMILES string of the molecule is CCC(SCC(C)CO)C(N)c1ccccc1. The average Bonchev–Trinajstić information content (AvgIpc) is 2.39. The second-order valence-electron chi connectivity index (χ2n) is 4.50. The first kappa shape index (κ1) is 14.6. The van der Waals surface area contributed by atoms with Crippen LogP contribution in [0.2, 0.25) is 0 Å². The van der Waals surface area contributed by atoms with Gasteiger partial charge in [-0.1, -0.05) is 44.2 Å². The molecule has 1 aromatic rings. The maximum Gasteiger partial charge on any atom is 0.0464 e. The third kappa shape index (κ3) is 4.70. The highest BCUT2D eigenvalue weighted by Crippen LogP contribution is 2.28. The van der Waals surface area contributed by atoms with E-state index in [4.69, 9.17) is 10.8 Å². The normalized spacial score (nSPS) is 16.5. The van der Waals surface area contributed by atoms with Crippen molar-refractivity contribution in [2.24, 2.45) is 11.7 Å².